The minimum atomic E-state index is -0.657. The summed E-state index contributed by atoms with van der Waals surface area (Å²) in [6.45, 7) is 4.00. The van der Waals surface area contributed by atoms with Crippen molar-refractivity contribution in [3.05, 3.63) is 35.4 Å². The topological polar surface area (TPSA) is 57.6 Å². The van der Waals surface area contributed by atoms with Crippen LogP contribution in [0.25, 0.3) is 0 Å². The summed E-state index contributed by atoms with van der Waals surface area (Å²) in [4.78, 5) is 22.1. The number of imide groups is 1. The number of hydrogen-bond donors (Lipinski definition) is 1. The number of nitrogens with zero attached hydrogens (tertiary/aromatic N) is 1. The normalized spacial score (nSPS) is 13.5. The van der Waals surface area contributed by atoms with Gasteiger partial charge in [-0.3, -0.25) is 14.8 Å². The lowest BCUT2D eigenvalue weighted by molar-refractivity contribution is -0.0327. The molecule has 4 heteroatoms. The van der Waals surface area contributed by atoms with Gasteiger partial charge in [-0.15, -0.1) is 5.06 Å². The van der Waals surface area contributed by atoms with Gasteiger partial charge in [-0.2, -0.15) is 0 Å². The zero-order chi connectivity index (χ0) is 10.7. The molecule has 0 saturated carbocycles. The number of fused-ring (bicyclic) bond motifs is 1. The Bertz CT molecular complexity index is 338. The molecule has 0 radical (unpaired) electrons. The molecule has 0 spiro atoms. The predicted molar refractivity (Wildman–Crippen MR) is 50.1 cm³/mol. The second kappa shape index (κ2) is 4.02. The number of amides is 2. The first kappa shape index (κ1) is 10.4. The number of hydroxylamine groups is 2. The summed E-state index contributed by atoms with van der Waals surface area (Å²) in [5, 5.41) is 9.05. The van der Waals surface area contributed by atoms with E-state index in [0.29, 0.717) is 0 Å². The summed E-state index contributed by atoms with van der Waals surface area (Å²) in [5.41, 5.74) is 0.509. The molecule has 1 N–H and O–H groups in total. The van der Waals surface area contributed by atoms with Gasteiger partial charge < -0.3 is 0 Å². The van der Waals surface area contributed by atoms with Crippen LogP contribution in [0.5, 0.6) is 0 Å². The van der Waals surface area contributed by atoms with E-state index < -0.39 is 11.8 Å². The molecule has 2 rings (SSSR count). The predicted octanol–water partition coefficient (Wildman–Crippen LogP) is 1.70. The molecule has 1 aliphatic heterocycles. The maximum absolute atomic E-state index is 11.1. The maximum atomic E-state index is 11.1. The fourth-order valence-electron chi connectivity index (χ4n) is 1.18. The van der Waals surface area contributed by atoms with E-state index in [9.17, 15) is 9.59 Å². The van der Waals surface area contributed by atoms with Gasteiger partial charge in [0, 0.05) is 0 Å². The molecule has 14 heavy (non-hydrogen) atoms. The first-order valence-corrected chi connectivity index (χ1v) is 4.38. The van der Waals surface area contributed by atoms with Crippen molar-refractivity contribution in [2.75, 3.05) is 0 Å². The van der Waals surface area contributed by atoms with Gasteiger partial charge in [0.15, 0.2) is 0 Å². The van der Waals surface area contributed by atoms with Crippen molar-refractivity contribution in [2.45, 2.75) is 13.8 Å². The third kappa shape index (κ3) is 1.40. The number of rotatable bonds is 0. The van der Waals surface area contributed by atoms with E-state index in [0.717, 1.165) is 0 Å². The molecule has 0 fully saturated rings. The third-order valence-corrected chi connectivity index (χ3v) is 1.77. The van der Waals surface area contributed by atoms with Crippen molar-refractivity contribution in [3.63, 3.8) is 0 Å². The quantitative estimate of drug-likeness (QED) is 0.504. The van der Waals surface area contributed by atoms with Crippen molar-refractivity contribution in [2.24, 2.45) is 0 Å². The van der Waals surface area contributed by atoms with Crippen LogP contribution < -0.4 is 0 Å². The number of benzene rings is 1. The molecule has 2 amide bonds. The smallest absolute Gasteiger partial charge is 0.278 e. The fourth-order valence-corrected chi connectivity index (χ4v) is 1.18. The van der Waals surface area contributed by atoms with Gasteiger partial charge in [-0.05, 0) is 12.1 Å². The largest absolute Gasteiger partial charge is 0.285 e. The Morgan fingerprint density at radius 3 is 1.71 bits per heavy atom. The van der Waals surface area contributed by atoms with E-state index in [1.54, 1.807) is 12.1 Å². The molecule has 0 aliphatic carbocycles. The maximum Gasteiger partial charge on any atom is 0.285 e. The lowest BCUT2D eigenvalue weighted by Crippen LogP contribution is -2.25. The van der Waals surface area contributed by atoms with E-state index in [4.69, 9.17) is 5.21 Å². The van der Waals surface area contributed by atoms with Crippen LogP contribution in [-0.4, -0.2) is 22.1 Å². The Morgan fingerprint density at radius 1 is 1.00 bits per heavy atom. The average molecular weight is 193 g/mol. The molecule has 0 unspecified atom stereocenters. The monoisotopic (exact) mass is 193 g/mol. The molecule has 4 nitrogen and oxygen atoms in total. The van der Waals surface area contributed by atoms with Crippen LogP contribution in [-0.2, 0) is 0 Å². The molecule has 1 aliphatic rings. The highest BCUT2D eigenvalue weighted by atomic mass is 16.5. The first-order valence-electron chi connectivity index (χ1n) is 4.38. The lowest BCUT2D eigenvalue weighted by atomic mass is 10.1. The van der Waals surface area contributed by atoms with Gasteiger partial charge in [0.05, 0.1) is 11.1 Å². The second-order valence-electron chi connectivity index (χ2n) is 2.47. The minimum absolute atomic E-state index is 0.130. The Labute approximate surface area is 81.7 Å². The fraction of sp³-hybridized carbons (Fsp3) is 0.200. The van der Waals surface area contributed by atoms with Gasteiger partial charge in [-0.25, -0.2) is 0 Å². The molecular formula is C10H11NO3. The molecule has 0 saturated heterocycles. The first-order chi connectivity index (χ1) is 6.72. The van der Waals surface area contributed by atoms with E-state index in [1.165, 1.54) is 12.1 Å². The van der Waals surface area contributed by atoms with Gasteiger partial charge in [-0.1, -0.05) is 26.0 Å². The van der Waals surface area contributed by atoms with Crippen molar-refractivity contribution in [1.29, 1.82) is 0 Å². The van der Waals surface area contributed by atoms with E-state index in [2.05, 4.69) is 0 Å². The van der Waals surface area contributed by atoms with Crippen LogP contribution in [0.15, 0.2) is 24.3 Å². The Balaban J connectivity index is 0.000000461. The number of carbonyl (C=O) groups is 2. The SMILES string of the molecule is CC.O=C1c2ccccc2C(=O)N1O. The van der Waals surface area contributed by atoms with Gasteiger partial charge in [0.1, 0.15) is 0 Å². The second-order valence-corrected chi connectivity index (χ2v) is 2.47. The summed E-state index contributed by atoms with van der Waals surface area (Å²) >= 11 is 0. The Kier molecular flexibility index (Phi) is 2.99. The molecule has 1 aromatic rings. The van der Waals surface area contributed by atoms with Crippen molar-refractivity contribution in [3.8, 4) is 0 Å². The number of hydrogen-bond acceptors (Lipinski definition) is 3. The van der Waals surface area contributed by atoms with Crippen LogP contribution in [0.2, 0.25) is 0 Å². The standard InChI is InChI=1S/C8H5NO3.C2H6/c10-7-5-3-1-2-4-6(5)8(11)9(7)12;1-2/h1-4,12H;1-2H3. The summed E-state index contributed by atoms with van der Waals surface area (Å²) in [5.74, 6) is -1.31. The highest BCUT2D eigenvalue weighted by Gasteiger charge is 2.33. The lowest BCUT2D eigenvalue weighted by Gasteiger charge is -1.99. The molecule has 0 aromatic heterocycles. The molecule has 1 aromatic carbocycles. The summed E-state index contributed by atoms with van der Waals surface area (Å²) in [7, 11) is 0. The van der Waals surface area contributed by atoms with Crippen molar-refractivity contribution in [1.82, 2.24) is 5.06 Å². The summed E-state index contributed by atoms with van der Waals surface area (Å²) < 4.78 is 0. The van der Waals surface area contributed by atoms with E-state index in [1.807, 2.05) is 13.8 Å². The molecular weight excluding hydrogens is 182 g/mol. The van der Waals surface area contributed by atoms with Crippen LogP contribution in [0.3, 0.4) is 0 Å². The highest BCUT2D eigenvalue weighted by Crippen LogP contribution is 2.19. The highest BCUT2D eigenvalue weighted by molar-refractivity contribution is 6.20. The van der Waals surface area contributed by atoms with E-state index >= 15 is 0 Å². The molecule has 0 atom stereocenters. The Hall–Kier alpha value is -1.68. The van der Waals surface area contributed by atoms with E-state index in [-0.39, 0.29) is 16.2 Å². The van der Waals surface area contributed by atoms with Gasteiger partial charge >= 0.3 is 0 Å². The summed E-state index contributed by atoms with van der Waals surface area (Å²) in [6, 6.07) is 6.30. The third-order valence-electron chi connectivity index (χ3n) is 1.77. The minimum Gasteiger partial charge on any atom is -0.278 e. The van der Waals surface area contributed by atoms with Crippen LogP contribution >= 0.6 is 0 Å². The van der Waals surface area contributed by atoms with Gasteiger partial charge in [0.2, 0.25) is 0 Å². The molecule has 0 bridgehead atoms. The summed E-state index contributed by atoms with van der Waals surface area (Å²) in [6.07, 6.45) is 0. The van der Waals surface area contributed by atoms with Crippen LogP contribution in [0.1, 0.15) is 34.6 Å². The average Bonchev–Trinajstić information content (AvgIpc) is 2.48. The Morgan fingerprint density at radius 2 is 1.36 bits per heavy atom. The van der Waals surface area contributed by atoms with Crippen molar-refractivity contribution >= 4 is 11.8 Å². The van der Waals surface area contributed by atoms with Crippen molar-refractivity contribution < 1.29 is 14.8 Å². The van der Waals surface area contributed by atoms with Crippen LogP contribution in [0, 0.1) is 0 Å². The zero-order valence-corrected chi connectivity index (χ0v) is 8.02. The van der Waals surface area contributed by atoms with Gasteiger partial charge in [0.25, 0.3) is 11.8 Å². The zero-order valence-electron chi connectivity index (χ0n) is 8.02. The molecule has 1 heterocycles. The number of carbonyl (C=O) groups excluding carboxylic acids is 2. The molecule has 74 valence electrons. The van der Waals surface area contributed by atoms with Crippen LogP contribution in [0.4, 0.5) is 0 Å².